The molecule has 0 fully saturated rings. The molecule has 3 aromatic rings. The van der Waals surface area contributed by atoms with Crippen LogP contribution in [-0.2, 0) is 6.54 Å². The van der Waals surface area contributed by atoms with E-state index in [0.29, 0.717) is 16.4 Å². The Labute approximate surface area is 174 Å². The minimum absolute atomic E-state index is 0.0128. The van der Waals surface area contributed by atoms with Crippen molar-refractivity contribution in [1.82, 2.24) is 19.1 Å². The minimum atomic E-state index is -2.94. The van der Waals surface area contributed by atoms with Crippen LogP contribution < -0.4 is 21.4 Å². The maximum absolute atomic E-state index is 13.0. The topological polar surface area (TPSA) is 91.0 Å². The first kappa shape index (κ1) is 21.4. The molecule has 0 spiro atoms. The van der Waals surface area contributed by atoms with Crippen molar-refractivity contribution in [2.45, 2.75) is 33.0 Å². The second-order valence-corrected chi connectivity index (χ2v) is 6.98. The molecular formula is C19H18ClF2N5O3. The van der Waals surface area contributed by atoms with E-state index in [1.807, 2.05) is 0 Å². The number of nitrogens with one attached hydrogen (secondary N) is 1. The van der Waals surface area contributed by atoms with Crippen LogP contribution in [0.4, 0.5) is 20.4 Å². The Hall–Kier alpha value is -3.27. The second-order valence-electron chi connectivity index (χ2n) is 6.55. The number of hydrogen-bond donors (Lipinski definition) is 1. The number of alkyl halides is 2. The molecule has 2 heterocycles. The Morgan fingerprint density at radius 1 is 1.13 bits per heavy atom. The van der Waals surface area contributed by atoms with Gasteiger partial charge in [-0.1, -0.05) is 11.6 Å². The molecule has 0 atom stereocenters. The monoisotopic (exact) mass is 437 g/mol. The highest BCUT2D eigenvalue weighted by Crippen LogP contribution is 2.20. The van der Waals surface area contributed by atoms with Crippen molar-refractivity contribution in [1.29, 1.82) is 0 Å². The van der Waals surface area contributed by atoms with E-state index in [1.165, 1.54) is 35.0 Å². The van der Waals surface area contributed by atoms with Crippen LogP contribution in [0, 0.1) is 0 Å². The van der Waals surface area contributed by atoms with Gasteiger partial charge in [0.05, 0.1) is 17.3 Å². The fourth-order valence-electron chi connectivity index (χ4n) is 2.70. The predicted molar refractivity (Wildman–Crippen MR) is 108 cm³/mol. The Morgan fingerprint density at radius 3 is 2.40 bits per heavy atom. The first-order valence-electron chi connectivity index (χ1n) is 8.90. The van der Waals surface area contributed by atoms with E-state index < -0.39 is 24.0 Å². The number of nitrogens with zero attached hydrogens (tertiary/aromatic N) is 4. The summed E-state index contributed by atoms with van der Waals surface area (Å²) in [6, 6.07) is 8.46. The third kappa shape index (κ3) is 5.01. The van der Waals surface area contributed by atoms with Gasteiger partial charge in [0.15, 0.2) is 0 Å². The molecule has 0 amide bonds. The SMILES string of the molecule is CC(C)n1c(=O)nc(Nc2ccc(OC(F)F)cc2)n(Cc2ccc(Cl)cn2)c1=O. The molecule has 30 heavy (non-hydrogen) atoms. The molecule has 11 heteroatoms. The number of halogens is 3. The van der Waals surface area contributed by atoms with E-state index in [0.717, 1.165) is 4.57 Å². The fourth-order valence-corrected chi connectivity index (χ4v) is 2.81. The molecule has 0 unspecified atom stereocenters. The van der Waals surface area contributed by atoms with Crippen molar-refractivity contribution < 1.29 is 13.5 Å². The summed E-state index contributed by atoms with van der Waals surface area (Å²) in [4.78, 5) is 33.5. The van der Waals surface area contributed by atoms with Crippen LogP contribution in [-0.4, -0.2) is 25.7 Å². The van der Waals surface area contributed by atoms with Crippen LogP contribution in [0.5, 0.6) is 5.75 Å². The molecule has 0 saturated heterocycles. The highest BCUT2D eigenvalue weighted by molar-refractivity contribution is 6.30. The molecule has 0 aliphatic rings. The summed E-state index contributed by atoms with van der Waals surface area (Å²) in [7, 11) is 0. The first-order valence-corrected chi connectivity index (χ1v) is 9.28. The number of hydrogen-bond acceptors (Lipinski definition) is 6. The van der Waals surface area contributed by atoms with Gasteiger partial charge >= 0.3 is 18.0 Å². The summed E-state index contributed by atoms with van der Waals surface area (Å²) in [6.45, 7) is 0.491. The molecule has 0 bridgehead atoms. The van der Waals surface area contributed by atoms with Crippen molar-refractivity contribution in [3.63, 3.8) is 0 Å². The minimum Gasteiger partial charge on any atom is -0.435 e. The van der Waals surface area contributed by atoms with Gasteiger partial charge in [0, 0.05) is 17.9 Å². The van der Waals surface area contributed by atoms with Gasteiger partial charge in [0.25, 0.3) is 0 Å². The van der Waals surface area contributed by atoms with Crippen LogP contribution in [0.2, 0.25) is 5.02 Å². The Balaban J connectivity index is 2.01. The van der Waals surface area contributed by atoms with Crippen molar-refractivity contribution in [2.75, 3.05) is 5.32 Å². The summed E-state index contributed by atoms with van der Waals surface area (Å²) in [6.07, 6.45) is 1.45. The smallest absolute Gasteiger partial charge is 0.387 e. The number of benzene rings is 1. The fraction of sp³-hybridized carbons (Fsp3) is 0.263. The number of rotatable bonds is 7. The summed E-state index contributed by atoms with van der Waals surface area (Å²) in [5.41, 5.74) is -0.332. The van der Waals surface area contributed by atoms with Crippen LogP contribution in [0.3, 0.4) is 0 Å². The molecule has 0 aliphatic heterocycles. The number of ether oxygens (including phenoxy) is 1. The number of anilines is 2. The van der Waals surface area contributed by atoms with E-state index in [1.54, 1.807) is 26.0 Å². The van der Waals surface area contributed by atoms with Gasteiger partial charge in [-0.2, -0.15) is 13.8 Å². The normalized spacial score (nSPS) is 11.2. The van der Waals surface area contributed by atoms with Crippen molar-refractivity contribution in [2.24, 2.45) is 0 Å². The zero-order chi connectivity index (χ0) is 21.8. The molecule has 2 aromatic heterocycles. The van der Waals surface area contributed by atoms with Gasteiger partial charge in [0.1, 0.15) is 5.75 Å². The first-order chi connectivity index (χ1) is 14.2. The van der Waals surface area contributed by atoms with Crippen LogP contribution in [0.15, 0.2) is 52.2 Å². The van der Waals surface area contributed by atoms with Gasteiger partial charge in [-0.25, -0.2) is 14.2 Å². The van der Waals surface area contributed by atoms with Crippen LogP contribution >= 0.6 is 11.6 Å². The van der Waals surface area contributed by atoms with Crippen molar-refractivity contribution >= 4 is 23.2 Å². The molecule has 158 valence electrons. The Bertz CT molecular complexity index is 1130. The Morgan fingerprint density at radius 2 is 1.83 bits per heavy atom. The standard InChI is InChI=1S/C19H18ClF2N5O3/c1-11(2)27-18(28)25-17(24-13-5-7-15(8-6-13)30-16(21)22)26(19(27)29)10-14-4-3-12(20)9-23-14/h3-9,11,16H,10H2,1-2H3,(H,24,25,28). The van der Waals surface area contributed by atoms with E-state index in [9.17, 15) is 18.4 Å². The molecule has 0 saturated carbocycles. The number of aromatic nitrogens is 4. The molecular weight excluding hydrogens is 420 g/mol. The predicted octanol–water partition coefficient (Wildman–Crippen LogP) is 3.43. The molecule has 1 N–H and O–H groups in total. The lowest BCUT2D eigenvalue weighted by atomic mass is 10.3. The summed E-state index contributed by atoms with van der Waals surface area (Å²) in [5.74, 6) is -0.0392. The largest absolute Gasteiger partial charge is 0.435 e. The summed E-state index contributed by atoms with van der Waals surface area (Å²) >= 11 is 5.86. The lowest BCUT2D eigenvalue weighted by Crippen LogP contribution is -2.43. The van der Waals surface area contributed by atoms with Crippen LogP contribution in [0.1, 0.15) is 25.6 Å². The molecule has 0 aliphatic carbocycles. The highest BCUT2D eigenvalue weighted by Gasteiger charge is 2.16. The average molecular weight is 438 g/mol. The molecule has 8 nitrogen and oxygen atoms in total. The van der Waals surface area contributed by atoms with E-state index >= 15 is 0 Å². The zero-order valence-electron chi connectivity index (χ0n) is 16.1. The lowest BCUT2D eigenvalue weighted by molar-refractivity contribution is -0.0498. The summed E-state index contributed by atoms with van der Waals surface area (Å²) in [5, 5.41) is 3.32. The van der Waals surface area contributed by atoms with Gasteiger partial charge < -0.3 is 10.1 Å². The van der Waals surface area contributed by atoms with E-state index in [2.05, 4.69) is 20.0 Å². The number of pyridine rings is 1. The Kier molecular flexibility index (Phi) is 6.46. The van der Waals surface area contributed by atoms with Crippen molar-refractivity contribution in [3.8, 4) is 5.75 Å². The van der Waals surface area contributed by atoms with E-state index in [4.69, 9.17) is 11.6 Å². The lowest BCUT2D eigenvalue weighted by Gasteiger charge is -2.17. The average Bonchev–Trinajstić information content (AvgIpc) is 2.67. The van der Waals surface area contributed by atoms with Gasteiger partial charge in [-0.05, 0) is 50.2 Å². The molecule has 1 aromatic carbocycles. The maximum atomic E-state index is 13.0. The van der Waals surface area contributed by atoms with Gasteiger partial charge in [-0.3, -0.25) is 9.55 Å². The van der Waals surface area contributed by atoms with Gasteiger partial charge in [0.2, 0.25) is 5.95 Å². The molecule has 0 radical (unpaired) electrons. The van der Waals surface area contributed by atoms with Crippen LogP contribution in [0.25, 0.3) is 0 Å². The van der Waals surface area contributed by atoms with Crippen molar-refractivity contribution in [3.05, 3.63) is 74.3 Å². The maximum Gasteiger partial charge on any atom is 0.387 e. The third-order valence-corrected chi connectivity index (χ3v) is 4.28. The zero-order valence-corrected chi connectivity index (χ0v) is 16.8. The second kappa shape index (κ2) is 9.04. The quantitative estimate of drug-likeness (QED) is 0.609. The third-order valence-electron chi connectivity index (χ3n) is 4.06. The van der Waals surface area contributed by atoms with E-state index in [-0.39, 0.29) is 18.2 Å². The summed E-state index contributed by atoms with van der Waals surface area (Å²) < 4.78 is 31.2. The van der Waals surface area contributed by atoms with Gasteiger partial charge in [-0.15, -0.1) is 0 Å². The highest BCUT2D eigenvalue weighted by atomic mass is 35.5. The molecule has 3 rings (SSSR count).